The number of ether oxygens (including phenoxy) is 1. The average molecular weight is 239 g/mol. The topological polar surface area (TPSA) is 52.3 Å². The van der Waals surface area contributed by atoms with Crippen LogP contribution in [0.1, 0.15) is 40.2 Å². The van der Waals surface area contributed by atoms with Crippen LogP contribution in [0.15, 0.2) is 6.07 Å². The fourth-order valence-electron chi connectivity index (χ4n) is 2.04. The van der Waals surface area contributed by atoms with Crippen molar-refractivity contribution in [2.45, 2.75) is 32.6 Å². The number of anilines is 1. The van der Waals surface area contributed by atoms with Crippen LogP contribution in [0.3, 0.4) is 0 Å². The summed E-state index contributed by atoms with van der Waals surface area (Å²) in [5.74, 6) is 0.346. The van der Waals surface area contributed by atoms with Crippen LogP contribution in [0, 0.1) is 12.8 Å². The molecule has 3 nitrogen and oxygen atoms in total. The molecule has 1 aliphatic carbocycles. The molecule has 1 aromatic heterocycles. The van der Waals surface area contributed by atoms with Gasteiger partial charge in [-0.1, -0.05) is 12.8 Å². The number of esters is 1. The Morgan fingerprint density at radius 3 is 2.81 bits per heavy atom. The Labute approximate surface area is 99.6 Å². The predicted octanol–water partition coefficient (Wildman–Crippen LogP) is 2.99. The van der Waals surface area contributed by atoms with E-state index >= 15 is 0 Å². The van der Waals surface area contributed by atoms with E-state index in [1.165, 1.54) is 37.0 Å². The van der Waals surface area contributed by atoms with Gasteiger partial charge >= 0.3 is 5.97 Å². The Bertz CT molecular complexity index is 361. The van der Waals surface area contributed by atoms with E-state index in [1.54, 1.807) is 6.07 Å². The van der Waals surface area contributed by atoms with Gasteiger partial charge in [0.1, 0.15) is 4.88 Å². The van der Waals surface area contributed by atoms with E-state index in [1.807, 2.05) is 6.92 Å². The average Bonchev–Trinajstić information content (AvgIpc) is 2.86. The first-order chi connectivity index (χ1) is 7.66. The molecule has 1 aromatic rings. The van der Waals surface area contributed by atoms with Crippen LogP contribution in [0.2, 0.25) is 0 Å². The van der Waals surface area contributed by atoms with Crippen molar-refractivity contribution in [1.29, 1.82) is 0 Å². The van der Waals surface area contributed by atoms with Gasteiger partial charge < -0.3 is 10.5 Å². The maximum atomic E-state index is 11.7. The minimum Gasteiger partial charge on any atom is -0.461 e. The van der Waals surface area contributed by atoms with Gasteiger partial charge in [0.05, 0.1) is 6.61 Å². The highest BCUT2D eigenvalue weighted by molar-refractivity contribution is 7.14. The summed E-state index contributed by atoms with van der Waals surface area (Å²) >= 11 is 1.41. The number of nitrogen functional groups attached to an aromatic ring is 1. The molecule has 1 heterocycles. The molecule has 4 heteroatoms. The van der Waals surface area contributed by atoms with E-state index in [0.717, 1.165) is 4.88 Å². The third kappa shape index (κ3) is 2.55. The molecule has 0 aliphatic heterocycles. The molecular weight excluding hydrogens is 222 g/mol. The van der Waals surface area contributed by atoms with E-state index in [9.17, 15) is 4.79 Å². The van der Waals surface area contributed by atoms with Crippen molar-refractivity contribution in [3.63, 3.8) is 0 Å². The highest BCUT2D eigenvalue weighted by Gasteiger charge is 2.18. The SMILES string of the molecule is Cc1sc(C(=O)OCC2CCCC2)cc1N. The van der Waals surface area contributed by atoms with Gasteiger partial charge in [0.25, 0.3) is 0 Å². The molecule has 88 valence electrons. The van der Waals surface area contributed by atoms with E-state index < -0.39 is 0 Å². The second-order valence-corrected chi connectivity index (χ2v) is 5.63. The quantitative estimate of drug-likeness (QED) is 0.825. The van der Waals surface area contributed by atoms with Crippen LogP contribution in [0.4, 0.5) is 5.69 Å². The van der Waals surface area contributed by atoms with Crippen LogP contribution < -0.4 is 5.73 Å². The Balaban J connectivity index is 1.87. The lowest BCUT2D eigenvalue weighted by Crippen LogP contribution is -2.10. The highest BCUT2D eigenvalue weighted by Crippen LogP contribution is 2.27. The second kappa shape index (κ2) is 4.87. The molecule has 0 saturated heterocycles. The molecule has 1 saturated carbocycles. The van der Waals surface area contributed by atoms with Crippen molar-refractivity contribution >= 4 is 23.0 Å². The van der Waals surface area contributed by atoms with Gasteiger partial charge in [-0.05, 0) is 31.7 Å². The number of rotatable bonds is 3. The Kier molecular flexibility index (Phi) is 3.49. The zero-order valence-electron chi connectivity index (χ0n) is 9.49. The third-order valence-corrected chi connectivity index (χ3v) is 4.13. The van der Waals surface area contributed by atoms with Crippen molar-refractivity contribution < 1.29 is 9.53 Å². The summed E-state index contributed by atoms with van der Waals surface area (Å²) < 4.78 is 5.30. The van der Waals surface area contributed by atoms with Crippen molar-refractivity contribution in [2.75, 3.05) is 12.3 Å². The Morgan fingerprint density at radius 1 is 1.56 bits per heavy atom. The zero-order valence-corrected chi connectivity index (χ0v) is 10.3. The smallest absolute Gasteiger partial charge is 0.348 e. The van der Waals surface area contributed by atoms with Crippen molar-refractivity contribution in [2.24, 2.45) is 5.92 Å². The number of aryl methyl sites for hydroxylation is 1. The number of thiophene rings is 1. The van der Waals surface area contributed by atoms with Gasteiger partial charge in [0, 0.05) is 10.6 Å². The standard InChI is InChI=1S/C12H17NO2S/c1-8-10(13)6-11(16-8)12(14)15-7-9-4-2-3-5-9/h6,9H,2-5,7,13H2,1H3. The largest absolute Gasteiger partial charge is 0.461 e. The minimum atomic E-state index is -0.225. The number of carbonyl (C=O) groups excluding carboxylic acids is 1. The molecule has 0 atom stereocenters. The summed E-state index contributed by atoms with van der Waals surface area (Å²) in [6, 6.07) is 1.71. The van der Waals surface area contributed by atoms with E-state index in [-0.39, 0.29) is 5.97 Å². The molecule has 16 heavy (non-hydrogen) atoms. The number of carbonyl (C=O) groups is 1. The van der Waals surface area contributed by atoms with Gasteiger partial charge in [-0.3, -0.25) is 0 Å². The summed E-state index contributed by atoms with van der Waals surface area (Å²) in [5, 5.41) is 0. The van der Waals surface area contributed by atoms with Gasteiger partial charge in [0.15, 0.2) is 0 Å². The molecule has 0 bridgehead atoms. The first-order valence-corrected chi connectivity index (χ1v) is 6.51. The summed E-state index contributed by atoms with van der Waals surface area (Å²) in [6.45, 7) is 2.48. The van der Waals surface area contributed by atoms with Crippen LogP contribution in [-0.4, -0.2) is 12.6 Å². The van der Waals surface area contributed by atoms with Crippen LogP contribution in [0.25, 0.3) is 0 Å². The lowest BCUT2D eigenvalue weighted by Gasteiger charge is -2.08. The predicted molar refractivity (Wildman–Crippen MR) is 65.7 cm³/mol. The molecule has 2 N–H and O–H groups in total. The Hall–Kier alpha value is -1.03. The third-order valence-electron chi connectivity index (χ3n) is 3.08. The van der Waals surface area contributed by atoms with Crippen LogP contribution in [-0.2, 0) is 4.74 Å². The minimum absolute atomic E-state index is 0.225. The van der Waals surface area contributed by atoms with E-state index in [2.05, 4.69) is 0 Å². The molecule has 0 spiro atoms. The monoisotopic (exact) mass is 239 g/mol. The first kappa shape index (κ1) is 11.5. The zero-order chi connectivity index (χ0) is 11.5. The van der Waals surface area contributed by atoms with E-state index in [4.69, 9.17) is 10.5 Å². The molecular formula is C12H17NO2S. The molecule has 0 amide bonds. The molecule has 2 rings (SSSR count). The van der Waals surface area contributed by atoms with Crippen molar-refractivity contribution in [3.8, 4) is 0 Å². The lowest BCUT2D eigenvalue weighted by atomic mass is 10.1. The maximum absolute atomic E-state index is 11.7. The summed E-state index contributed by atoms with van der Waals surface area (Å²) in [6.07, 6.45) is 4.93. The number of hydrogen-bond acceptors (Lipinski definition) is 4. The number of nitrogens with two attached hydrogens (primary N) is 1. The maximum Gasteiger partial charge on any atom is 0.348 e. The fourth-order valence-corrected chi connectivity index (χ4v) is 2.87. The Morgan fingerprint density at radius 2 is 2.25 bits per heavy atom. The van der Waals surface area contributed by atoms with Crippen LogP contribution >= 0.6 is 11.3 Å². The molecule has 0 aromatic carbocycles. The summed E-state index contributed by atoms with van der Waals surface area (Å²) in [4.78, 5) is 13.3. The van der Waals surface area contributed by atoms with Crippen molar-refractivity contribution in [3.05, 3.63) is 15.8 Å². The molecule has 0 radical (unpaired) electrons. The summed E-state index contributed by atoms with van der Waals surface area (Å²) in [5.41, 5.74) is 6.38. The second-order valence-electron chi connectivity index (χ2n) is 4.37. The molecule has 1 fully saturated rings. The summed E-state index contributed by atoms with van der Waals surface area (Å²) in [7, 11) is 0. The lowest BCUT2D eigenvalue weighted by molar-refractivity contribution is 0.0448. The van der Waals surface area contributed by atoms with Crippen molar-refractivity contribution in [1.82, 2.24) is 0 Å². The van der Waals surface area contributed by atoms with Gasteiger partial charge in [0.2, 0.25) is 0 Å². The molecule has 0 unspecified atom stereocenters. The van der Waals surface area contributed by atoms with Gasteiger partial charge in [-0.25, -0.2) is 4.79 Å². The normalized spacial score (nSPS) is 16.6. The molecule has 1 aliphatic rings. The number of hydrogen-bond donors (Lipinski definition) is 1. The van der Waals surface area contributed by atoms with E-state index in [0.29, 0.717) is 23.1 Å². The highest BCUT2D eigenvalue weighted by atomic mass is 32.1. The first-order valence-electron chi connectivity index (χ1n) is 5.70. The van der Waals surface area contributed by atoms with Gasteiger partial charge in [-0.2, -0.15) is 0 Å². The fraction of sp³-hybridized carbons (Fsp3) is 0.583. The van der Waals surface area contributed by atoms with Gasteiger partial charge in [-0.15, -0.1) is 11.3 Å². The van der Waals surface area contributed by atoms with Crippen LogP contribution in [0.5, 0.6) is 0 Å².